The molecule has 0 amide bonds. The summed E-state index contributed by atoms with van der Waals surface area (Å²) in [4.78, 5) is 2.08. The third kappa shape index (κ3) is 3.24. The zero-order valence-electron chi connectivity index (χ0n) is 9.97. The van der Waals surface area contributed by atoms with Crippen molar-refractivity contribution < 1.29 is 13.5 Å². The minimum absolute atomic E-state index is 0.00472. The van der Waals surface area contributed by atoms with E-state index in [4.69, 9.17) is 5.11 Å². The number of aliphatic hydroxyl groups excluding tert-OH is 1. The lowest BCUT2D eigenvalue weighted by molar-refractivity contribution is 0.281. The highest BCUT2D eigenvalue weighted by Crippen LogP contribution is 2.25. The van der Waals surface area contributed by atoms with Crippen LogP contribution in [0.5, 0.6) is 0 Å². The summed E-state index contributed by atoms with van der Waals surface area (Å²) in [6.07, 6.45) is 0.668. The Kier molecular flexibility index (Phi) is 4.29. The average molecular weight is 334 g/mol. The van der Waals surface area contributed by atoms with Gasteiger partial charge in [0.15, 0.2) is 9.84 Å². The Hall–Kier alpha value is -0.590. The van der Waals surface area contributed by atoms with Crippen LogP contribution in [0.25, 0.3) is 0 Å². The van der Waals surface area contributed by atoms with Gasteiger partial charge in [-0.1, -0.05) is 22.0 Å². The van der Waals surface area contributed by atoms with Crippen molar-refractivity contribution in [3.8, 4) is 0 Å². The van der Waals surface area contributed by atoms with Gasteiger partial charge in [0.1, 0.15) is 0 Å². The Bertz CT molecular complexity index is 530. The van der Waals surface area contributed by atoms with Gasteiger partial charge in [0.05, 0.1) is 18.1 Å². The van der Waals surface area contributed by atoms with Crippen LogP contribution in [0.1, 0.15) is 12.0 Å². The number of halogens is 1. The average Bonchev–Trinajstić information content (AvgIpc) is 2.50. The second-order valence-electron chi connectivity index (χ2n) is 4.43. The number of hydrogen-bond acceptors (Lipinski definition) is 4. The van der Waals surface area contributed by atoms with E-state index < -0.39 is 9.84 Å². The smallest absolute Gasteiger partial charge is 0.152 e. The molecule has 1 heterocycles. The van der Waals surface area contributed by atoms with Crippen molar-refractivity contribution in [3.63, 3.8) is 0 Å². The number of sulfone groups is 1. The maximum Gasteiger partial charge on any atom is 0.152 e. The Morgan fingerprint density at radius 2 is 2.06 bits per heavy atom. The molecule has 4 nitrogen and oxygen atoms in total. The molecule has 1 N–H and O–H groups in total. The Balaban J connectivity index is 2.19. The topological polar surface area (TPSA) is 57.6 Å². The van der Waals surface area contributed by atoms with Gasteiger partial charge in [-0.25, -0.2) is 8.42 Å². The molecular weight excluding hydrogens is 318 g/mol. The standard InChI is InChI=1S/C12H16BrNO3S/c13-12-8-11(3-2-10(12)9-15)14-4-1-6-18(16,17)7-5-14/h2-3,8,15H,1,4-7,9H2. The van der Waals surface area contributed by atoms with Crippen LogP contribution in [0.4, 0.5) is 5.69 Å². The van der Waals surface area contributed by atoms with Crippen molar-refractivity contribution in [1.82, 2.24) is 0 Å². The fourth-order valence-electron chi connectivity index (χ4n) is 2.06. The van der Waals surface area contributed by atoms with Gasteiger partial charge in [-0.15, -0.1) is 0 Å². The lowest BCUT2D eigenvalue weighted by Gasteiger charge is -2.22. The van der Waals surface area contributed by atoms with E-state index >= 15 is 0 Å². The summed E-state index contributed by atoms with van der Waals surface area (Å²) in [5, 5.41) is 9.11. The normalized spacial score (nSPS) is 19.6. The Morgan fingerprint density at radius 1 is 1.28 bits per heavy atom. The van der Waals surface area contributed by atoms with Crippen LogP contribution in [0.2, 0.25) is 0 Å². The summed E-state index contributed by atoms with van der Waals surface area (Å²) in [6.45, 7) is 1.28. The number of nitrogens with zero attached hydrogens (tertiary/aromatic N) is 1. The first-order chi connectivity index (χ1) is 8.52. The Morgan fingerprint density at radius 3 is 2.72 bits per heavy atom. The van der Waals surface area contributed by atoms with E-state index in [2.05, 4.69) is 20.8 Å². The predicted molar refractivity (Wildman–Crippen MR) is 75.5 cm³/mol. The van der Waals surface area contributed by atoms with E-state index in [1.807, 2.05) is 18.2 Å². The summed E-state index contributed by atoms with van der Waals surface area (Å²) < 4.78 is 23.9. The van der Waals surface area contributed by atoms with Crippen LogP contribution in [0.15, 0.2) is 22.7 Å². The maximum atomic E-state index is 11.5. The van der Waals surface area contributed by atoms with Crippen molar-refractivity contribution in [3.05, 3.63) is 28.2 Å². The summed E-state index contributed by atoms with van der Waals surface area (Å²) in [5.41, 5.74) is 1.83. The molecule has 1 aromatic carbocycles. The Labute approximate surface area is 116 Å². The van der Waals surface area contributed by atoms with Crippen molar-refractivity contribution in [2.24, 2.45) is 0 Å². The van der Waals surface area contributed by atoms with E-state index in [-0.39, 0.29) is 18.1 Å². The summed E-state index contributed by atoms with van der Waals surface area (Å²) in [6, 6.07) is 5.72. The number of hydrogen-bond donors (Lipinski definition) is 1. The summed E-state index contributed by atoms with van der Waals surface area (Å²) in [5.74, 6) is 0.492. The van der Waals surface area contributed by atoms with Gasteiger partial charge in [0.2, 0.25) is 0 Å². The number of rotatable bonds is 2. The first-order valence-electron chi connectivity index (χ1n) is 5.86. The molecule has 1 saturated heterocycles. The lowest BCUT2D eigenvalue weighted by Crippen LogP contribution is -2.26. The maximum absolute atomic E-state index is 11.5. The van der Waals surface area contributed by atoms with E-state index in [1.165, 1.54) is 0 Å². The molecule has 0 unspecified atom stereocenters. The largest absolute Gasteiger partial charge is 0.392 e. The van der Waals surface area contributed by atoms with Crippen LogP contribution in [0, 0.1) is 0 Å². The minimum atomic E-state index is -2.88. The van der Waals surface area contributed by atoms with Gasteiger partial charge in [-0.05, 0) is 24.1 Å². The third-order valence-electron chi connectivity index (χ3n) is 3.13. The molecule has 1 aliphatic rings. The van der Waals surface area contributed by atoms with Crippen LogP contribution in [0.3, 0.4) is 0 Å². The highest BCUT2D eigenvalue weighted by Gasteiger charge is 2.19. The van der Waals surface area contributed by atoms with Gasteiger partial charge in [-0.3, -0.25) is 0 Å². The molecule has 0 bridgehead atoms. The molecule has 2 rings (SSSR count). The van der Waals surface area contributed by atoms with Crippen LogP contribution in [-0.4, -0.2) is 38.1 Å². The van der Waals surface area contributed by atoms with E-state index in [0.717, 1.165) is 22.3 Å². The van der Waals surface area contributed by atoms with E-state index in [0.29, 0.717) is 13.0 Å². The van der Waals surface area contributed by atoms with Crippen LogP contribution >= 0.6 is 15.9 Å². The number of benzene rings is 1. The number of aliphatic hydroxyl groups is 1. The highest BCUT2D eigenvalue weighted by atomic mass is 79.9. The van der Waals surface area contributed by atoms with Crippen LogP contribution < -0.4 is 4.90 Å². The molecule has 1 aromatic rings. The molecule has 6 heteroatoms. The van der Waals surface area contributed by atoms with Crippen LogP contribution in [-0.2, 0) is 16.4 Å². The van der Waals surface area contributed by atoms with E-state index in [1.54, 1.807) is 0 Å². The quantitative estimate of drug-likeness (QED) is 0.892. The van der Waals surface area contributed by atoms with Gasteiger partial charge in [-0.2, -0.15) is 0 Å². The fourth-order valence-corrected chi connectivity index (χ4v) is 3.82. The molecule has 1 aliphatic heterocycles. The van der Waals surface area contributed by atoms with Gasteiger partial charge >= 0.3 is 0 Å². The molecule has 0 atom stereocenters. The molecular formula is C12H16BrNO3S. The lowest BCUT2D eigenvalue weighted by atomic mass is 10.2. The second kappa shape index (κ2) is 5.59. The zero-order valence-corrected chi connectivity index (χ0v) is 12.4. The van der Waals surface area contributed by atoms with Crippen molar-refractivity contribution >= 4 is 31.5 Å². The van der Waals surface area contributed by atoms with Crippen molar-refractivity contribution in [2.45, 2.75) is 13.0 Å². The first kappa shape index (κ1) is 13.8. The van der Waals surface area contributed by atoms with Gasteiger partial charge in [0, 0.05) is 23.2 Å². The number of anilines is 1. The first-order valence-corrected chi connectivity index (χ1v) is 8.48. The van der Waals surface area contributed by atoms with Crippen molar-refractivity contribution in [2.75, 3.05) is 29.5 Å². The third-order valence-corrected chi connectivity index (χ3v) is 5.58. The molecule has 0 radical (unpaired) electrons. The van der Waals surface area contributed by atoms with E-state index in [9.17, 15) is 8.42 Å². The van der Waals surface area contributed by atoms with Gasteiger partial charge in [0.25, 0.3) is 0 Å². The summed E-state index contributed by atoms with van der Waals surface area (Å²) >= 11 is 3.41. The molecule has 0 spiro atoms. The van der Waals surface area contributed by atoms with Crippen molar-refractivity contribution in [1.29, 1.82) is 0 Å². The zero-order chi connectivity index (χ0) is 13.2. The molecule has 18 heavy (non-hydrogen) atoms. The molecule has 100 valence electrons. The fraction of sp³-hybridized carbons (Fsp3) is 0.500. The monoisotopic (exact) mass is 333 g/mol. The molecule has 0 aliphatic carbocycles. The predicted octanol–water partition coefficient (Wildman–Crippen LogP) is 1.57. The molecule has 0 saturated carbocycles. The summed E-state index contributed by atoms with van der Waals surface area (Å²) in [7, 11) is -2.88. The second-order valence-corrected chi connectivity index (χ2v) is 7.58. The van der Waals surface area contributed by atoms with Gasteiger partial charge < -0.3 is 10.0 Å². The minimum Gasteiger partial charge on any atom is -0.392 e. The molecule has 1 fully saturated rings. The molecule has 0 aromatic heterocycles. The highest BCUT2D eigenvalue weighted by molar-refractivity contribution is 9.10. The SMILES string of the molecule is O=S1(=O)CCCN(c2ccc(CO)c(Br)c2)CC1.